The van der Waals surface area contributed by atoms with Gasteiger partial charge in [0.05, 0.1) is 6.61 Å². The molecule has 0 spiro atoms. The van der Waals surface area contributed by atoms with Crippen LogP contribution in [0.25, 0.3) is 0 Å². The van der Waals surface area contributed by atoms with Gasteiger partial charge >= 0.3 is 0 Å². The third kappa shape index (κ3) is 2.54. The Morgan fingerprint density at radius 3 is 2.46 bits per heavy atom. The molecule has 0 bridgehead atoms. The normalized spacial score (nSPS) is 17.8. The maximum Gasteiger partial charge on any atom is 0.0935 e. The van der Waals surface area contributed by atoms with E-state index in [9.17, 15) is 0 Å². The second kappa shape index (κ2) is 4.40. The number of benzene rings is 1. The molecule has 2 nitrogen and oxygen atoms in total. The highest BCUT2D eigenvalue weighted by molar-refractivity contribution is 5.13. The zero-order valence-corrected chi connectivity index (χ0v) is 7.78. The van der Waals surface area contributed by atoms with E-state index in [1.165, 1.54) is 18.4 Å². The third-order valence-electron chi connectivity index (χ3n) is 2.32. The average molecular weight is 177 g/mol. The monoisotopic (exact) mass is 177 g/mol. The van der Waals surface area contributed by atoms with Crippen LogP contribution in [0.1, 0.15) is 18.4 Å². The molecule has 0 amide bonds. The van der Waals surface area contributed by atoms with Crippen molar-refractivity contribution in [1.29, 1.82) is 0 Å². The van der Waals surface area contributed by atoms with E-state index in [1.54, 1.807) is 0 Å². The zero-order valence-electron chi connectivity index (χ0n) is 7.78. The Bertz CT molecular complexity index is 242. The van der Waals surface area contributed by atoms with Gasteiger partial charge in [-0.2, -0.15) is 5.06 Å². The Labute approximate surface area is 79.1 Å². The van der Waals surface area contributed by atoms with E-state index in [2.05, 4.69) is 17.2 Å². The molecule has 0 N–H and O–H groups in total. The van der Waals surface area contributed by atoms with Gasteiger partial charge in [-0.1, -0.05) is 30.3 Å². The lowest BCUT2D eigenvalue weighted by Crippen LogP contribution is -2.19. The van der Waals surface area contributed by atoms with E-state index >= 15 is 0 Å². The van der Waals surface area contributed by atoms with Gasteiger partial charge in [0.1, 0.15) is 0 Å². The first kappa shape index (κ1) is 8.73. The standard InChI is InChI=1S/C11H15NO/c1-2-6-11(7-3-1)10-13-12-8-4-5-9-12/h1-3,6-7H,4-5,8-10H2. The lowest BCUT2D eigenvalue weighted by molar-refractivity contribution is -0.153. The van der Waals surface area contributed by atoms with Gasteiger partial charge in [0.25, 0.3) is 0 Å². The van der Waals surface area contributed by atoms with Crippen molar-refractivity contribution in [2.24, 2.45) is 0 Å². The van der Waals surface area contributed by atoms with Crippen molar-refractivity contribution >= 4 is 0 Å². The molecule has 0 saturated carbocycles. The van der Waals surface area contributed by atoms with Crippen LogP contribution >= 0.6 is 0 Å². The molecule has 0 unspecified atom stereocenters. The van der Waals surface area contributed by atoms with Crippen molar-refractivity contribution in [1.82, 2.24) is 5.06 Å². The summed E-state index contributed by atoms with van der Waals surface area (Å²) in [4.78, 5) is 5.62. The smallest absolute Gasteiger partial charge is 0.0935 e. The molecule has 1 saturated heterocycles. The minimum atomic E-state index is 0.709. The van der Waals surface area contributed by atoms with Crippen molar-refractivity contribution in [2.75, 3.05) is 13.1 Å². The summed E-state index contributed by atoms with van der Waals surface area (Å²) in [6, 6.07) is 10.3. The average Bonchev–Trinajstić information content (AvgIpc) is 2.69. The lowest BCUT2D eigenvalue weighted by atomic mass is 10.2. The van der Waals surface area contributed by atoms with Crippen molar-refractivity contribution in [2.45, 2.75) is 19.4 Å². The molecule has 1 aromatic rings. The Balaban J connectivity index is 1.79. The quantitative estimate of drug-likeness (QED) is 0.702. The fourth-order valence-corrected chi connectivity index (χ4v) is 1.56. The maximum absolute atomic E-state index is 5.62. The largest absolute Gasteiger partial charge is 0.294 e. The fourth-order valence-electron chi connectivity index (χ4n) is 1.56. The SMILES string of the molecule is c1ccc(CON2CCCC2)cc1. The van der Waals surface area contributed by atoms with E-state index in [1.807, 2.05) is 18.2 Å². The molecule has 1 fully saturated rings. The number of hydrogen-bond acceptors (Lipinski definition) is 2. The van der Waals surface area contributed by atoms with Crippen molar-refractivity contribution < 1.29 is 4.84 Å². The van der Waals surface area contributed by atoms with Crippen LogP contribution in [0.2, 0.25) is 0 Å². The Hall–Kier alpha value is -0.860. The van der Waals surface area contributed by atoms with Gasteiger partial charge in [-0.05, 0) is 18.4 Å². The van der Waals surface area contributed by atoms with Crippen LogP contribution in [0, 0.1) is 0 Å². The summed E-state index contributed by atoms with van der Waals surface area (Å²) >= 11 is 0. The molecule has 1 aliphatic rings. The molecular weight excluding hydrogens is 162 g/mol. The molecule has 0 aliphatic carbocycles. The summed E-state index contributed by atoms with van der Waals surface area (Å²) < 4.78 is 0. The molecule has 1 heterocycles. The summed E-state index contributed by atoms with van der Waals surface area (Å²) in [5, 5.41) is 2.06. The highest BCUT2D eigenvalue weighted by Gasteiger charge is 2.11. The van der Waals surface area contributed by atoms with Crippen LogP contribution in [0.15, 0.2) is 30.3 Å². The second-order valence-electron chi connectivity index (χ2n) is 3.40. The first-order valence-corrected chi connectivity index (χ1v) is 4.87. The van der Waals surface area contributed by atoms with Gasteiger partial charge in [-0.25, -0.2) is 0 Å². The summed E-state index contributed by atoms with van der Waals surface area (Å²) in [7, 11) is 0. The fraction of sp³-hybridized carbons (Fsp3) is 0.455. The molecular formula is C11H15NO. The zero-order chi connectivity index (χ0) is 8.93. The minimum Gasteiger partial charge on any atom is -0.294 e. The van der Waals surface area contributed by atoms with Crippen LogP contribution in [-0.4, -0.2) is 18.2 Å². The van der Waals surface area contributed by atoms with Gasteiger partial charge in [0, 0.05) is 13.1 Å². The molecule has 2 rings (SSSR count). The van der Waals surface area contributed by atoms with Crippen molar-refractivity contribution in [3.63, 3.8) is 0 Å². The predicted molar refractivity (Wildman–Crippen MR) is 52.0 cm³/mol. The number of hydroxylamine groups is 2. The molecule has 1 aliphatic heterocycles. The van der Waals surface area contributed by atoms with Crippen LogP contribution in [0.4, 0.5) is 0 Å². The predicted octanol–water partition coefficient (Wildman–Crippen LogP) is 2.21. The number of hydrogen-bond donors (Lipinski definition) is 0. The second-order valence-corrected chi connectivity index (χ2v) is 3.40. The third-order valence-corrected chi connectivity index (χ3v) is 2.32. The van der Waals surface area contributed by atoms with E-state index in [0.717, 1.165) is 13.1 Å². The maximum atomic E-state index is 5.62. The summed E-state index contributed by atoms with van der Waals surface area (Å²) in [6.45, 7) is 2.89. The molecule has 2 heteroatoms. The van der Waals surface area contributed by atoms with E-state index in [-0.39, 0.29) is 0 Å². The van der Waals surface area contributed by atoms with E-state index in [0.29, 0.717) is 6.61 Å². The molecule has 70 valence electrons. The molecule has 0 radical (unpaired) electrons. The first-order valence-electron chi connectivity index (χ1n) is 4.87. The molecule has 13 heavy (non-hydrogen) atoms. The Kier molecular flexibility index (Phi) is 2.95. The van der Waals surface area contributed by atoms with Crippen LogP contribution in [-0.2, 0) is 11.4 Å². The van der Waals surface area contributed by atoms with Gasteiger partial charge in [0.15, 0.2) is 0 Å². The van der Waals surface area contributed by atoms with Crippen molar-refractivity contribution in [3.05, 3.63) is 35.9 Å². The van der Waals surface area contributed by atoms with Crippen LogP contribution in [0.5, 0.6) is 0 Å². The van der Waals surface area contributed by atoms with E-state index < -0.39 is 0 Å². The van der Waals surface area contributed by atoms with Crippen LogP contribution in [0.3, 0.4) is 0 Å². The minimum absolute atomic E-state index is 0.709. The first-order chi connectivity index (χ1) is 6.45. The topological polar surface area (TPSA) is 12.5 Å². The van der Waals surface area contributed by atoms with E-state index in [4.69, 9.17) is 4.84 Å². The Morgan fingerprint density at radius 2 is 1.77 bits per heavy atom. The van der Waals surface area contributed by atoms with Crippen LogP contribution < -0.4 is 0 Å². The summed E-state index contributed by atoms with van der Waals surface area (Å²) in [6.07, 6.45) is 2.55. The van der Waals surface area contributed by atoms with Gasteiger partial charge in [0.2, 0.25) is 0 Å². The summed E-state index contributed by atoms with van der Waals surface area (Å²) in [5.41, 5.74) is 1.24. The highest BCUT2D eigenvalue weighted by Crippen LogP contribution is 2.10. The molecule has 1 aromatic carbocycles. The number of rotatable bonds is 3. The van der Waals surface area contributed by atoms with Gasteiger partial charge in [-0.15, -0.1) is 0 Å². The highest BCUT2D eigenvalue weighted by atomic mass is 16.7. The van der Waals surface area contributed by atoms with Gasteiger partial charge in [-0.3, -0.25) is 4.84 Å². The summed E-state index contributed by atoms with van der Waals surface area (Å²) in [5.74, 6) is 0. The molecule has 0 atom stereocenters. The molecule has 0 aromatic heterocycles. The number of nitrogens with zero attached hydrogens (tertiary/aromatic N) is 1. The Morgan fingerprint density at radius 1 is 1.08 bits per heavy atom. The van der Waals surface area contributed by atoms with Crippen molar-refractivity contribution in [3.8, 4) is 0 Å². The lowest BCUT2D eigenvalue weighted by Gasteiger charge is -2.14. The van der Waals surface area contributed by atoms with Gasteiger partial charge < -0.3 is 0 Å².